The van der Waals surface area contributed by atoms with Gasteiger partial charge in [-0.3, -0.25) is 4.98 Å². The molecule has 2 aromatic rings. The molecule has 0 amide bonds. The summed E-state index contributed by atoms with van der Waals surface area (Å²) in [6.07, 6.45) is -2.98. The summed E-state index contributed by atoms with van der Waals surface area (Å²) in [5, 5.41) is 15.6. The van der Waals surface area contributed by atoms with Crippen LogP contribution >= 0.6 is 11.3 Å². The summed E-state index contributed by atoms with van der Waals surface area (Å²) >= 11 is 0.748. The third-order valence-corrected chi connectivity index (χ3v) is 4.41. The van der Waals surface area contributed by atoms with Crippen LogP contribution in [-0.4, -0.2) is 45.3 Å². The average molecular weight is 386 g/mol. The molecule has 0 fully saturated rings. The van der Waals surface area contributed by atoms with Gasteiger partial charge in [-0.2, -0.15) is 23.3 Å². The van der Waals surface area contributed by atoms with Crippen LogP contribution in [0.25, 0.3) is 0 Å². The Morgan fingerprint density at radius 3 is 2.88 bits per heavy atom. The van der Waals surface area contributed by atoms with Crippen LogP contribution in [0.2, 0.25) is 0 Å². The van der Waals surface area contributed by atoms with E-state index in [4.69, 9.17) is 4.74 Å². The number of thiazole rings is 1. The number of rotatable bonds is 4. The zero-order chi connectivity index (χ0) is 18.9. The number of alkyl halides is 3. The average Bonchev–Trinajstić information content (AvgIpc) is 3.20. The molecule has 0 spiro atoms. The molecule has 1 aliphatic heterocycles. The summed E-state index contributed by atoms with van der Waals surface area (Å²) in [4.78, 5) is 19.4. The first-order valence-electron chi connectivity index (χ1n) is 7.46. The van der Waals surface area contributed by atoms with Crippen LogP contribution in [-0.2, 0) is 4.74 Å². The number of carbonyl (C=O) groups is 1. The molecule has 1 atom stereocenters. The highest BCUT2D eigenvalue weighted by atomic mass is 32.1. The number of hydrogen-bond acceptors (Lipinski definition) is 8. The Morgan fingerprint density at radius 2 is 2.27 bits per heavy atom. The van der Waals surface area contributed by atoms with E-state index in [0.717, 1.165) is 11.3 Å². The molecular weight excluding hydrogens is 373 g/mol. The number of nitrogens with zero attached hydrogens (tertiary/aromatic N) is 4. The first-order chi connectivity index (χ1) is 12.3. The van der Waals surface area contributed by atoms with Gasteiger partial charge in [0.2, 0.25) is 5.13 Å². The van der Waals surface area contributed by atoms with Crippen molar-refractivity contribution in [2.45, 2.75) is 25.2 Å². The van der Waals surface area contributed by atoms with E-state index in [1.54, 1.807) is 13.0 Å². The molecule has 0 saturated heterocycles. The Labute approximate surface area is 149 Å². The smallest absolute Gasteiger partial charge is 0.438 e. The molecule has 0 radical (unpaired) electrons. The number of esters is 1. The van der Waals surface area contributed by atoms with Gasteiger partial charge in [0.1, 0.15) is 0 Å². The van der Waals surface area contributed by atoms with Gasteiger partial charge < -0.3 is 9.84 Å². The minimum atomic E-state index is -5.00. The monoisotopic (exact) mass is 386 g/mol. The minimum absolute atomic E-state index is 0.00538. The van der Waals surface area contributed by atoms with E-state index in [0.29, 0.717) is 10.6 Å². The highest BCUT2D eigenvalue weighted by Gasteiger charge is 2.62. The fourth-order valence-electron chi connectivity index (χ4n) is 2.32. The molecule has 0 bridgehead atoms. The number of aliphatic hydroxyl groups is 1. The fraction of sp³-hybridized carbons (Fsp3) is 0.333. The molecule has 3 heterocycles. The Hall–Kier alpha value is -2.53. The summed E-state index contributed by atoms with van der Waals surface area (Å²) in [5.41, 5.74) is -3.07. The van der Waals surface area contributed by atoms with Crippen LogP contribution in [0, 0.1) is 0 Å². The number of ether oxygens (including phenoxy) is 1. The SMILES string of the molecule is CCOC(=O)c1csc(N2N=C(c3cccnc3)CC2(O)C(F)(F)F)n1. The third kappa shape index (κ3) is 3.15. The molecule has 0 saturated carbocycles. The zero-order valence-corrected chi connectivity index (χ0v) is 14.2. The number of hydrazone groups is 1. The van der Waals surface area contributed by atoms with Crippen molar-refractivity contribution < 1.29 is 27.8 Å². The lowest BCUT2D eigenvalue weighted by molar-refractivity contribution is -0.254. The van der Waals surface area contributed by atoms with Gasteiger partial charge in [-0.15, -0.1) is 11.3 Å². The van der Waals surface area contributed by atoms with Crippen molar-refractivity contribution in [1.82, 2.24) is 9.97 Å². The number of carbonyl (C=O) groups excluding carboxylic acids is 1. The highest BCUT2D eigenvalue weighted by molar-refractivity contribution is 7.14. The Bertz CT molecular complexity index is 840. The van der Waals surface area contributed by atoms with Gasteiger partial charge in [-0.05, 0) is 13.0 Å². The summed E-state index contributed by atoms with van der Waals surface area (Å²) in [6.45, 7) is 1.70. The normalized spacial score (nSPS) is 20.2. The van der Waals surface area contributed by atoms with Gasteiger partial charge in [0.15, 0.2) is 5.69 Å². The summed E-state index contributed by atoms with van der Waals surface area (Å²) < 4.78 is 45.5. The van der Waals surface area contributed by atoms with Crippen molar-refractivity contribution in [2.75, 3.05) is 11.6 Å². The number of halogens is 3. The lowest BCUT2D eigenvalue weighted by atomic mass is 10.0. The summed E-state index contributed by atoms with van der Waals surface area (Å²) in [6, 6.07) is 3.09. The lowest BCUT2D eigenvalue weighted by Crippen LogP contribution is -2.55. The Balaban J connectivity index is 2.01. The first kappa shape index (κ1) is 18.3. The maximum Gasteiger partial charge on any atom is 0.438 e. The fourth-order valence-corrected chi connectivity index (χ4v) is 3.13. The van der Waals surface area contributed by atoms with E-state index < -0.39 is 24.3 Å². The van der Waals surface area contributed by atoms with E-state index >= 15 is 0 Å². The van der Waals surface area contributed by atoms with Gasteiger partial charge >= 0.3 is 12.1 Å². The van der Waals surface area contributed by atoms with Crippen molar-refractivity contribution in [2.24, 2.45) is 5.10 Å². The minimum Gasteiger partial charge on any atom is -0.461 e. The number of anilines is 1. The predicted octanol–water partition coefficient (Wildman–Crippen LogP) is 2.58. The standard InChI is InChI=1S/C15H13F3N4O3S/c1-2-25-12(23)11-8-26-13(20-11)22-14(24,15(16,17)18)6-10(21-22)9-4-3-5-19-7-9/h3-5,7-8,24H,2,6H2,1H3. The van der Waals surface area contributed by atoms with Gasteiger partial charge in [0, 0.05) is 23.3 Å². The number of pyridine rings is 1. The molecule has 2 aromatic heterocycles. The second-order valence-corrected chi connectivity index (χ2v) is 6.16. The van der Waals surface area contributed by atoms with Gasteiger partial charge in [-0.1, -0.05) is 6.07 Å². The lowest BCUT2D eigenvalue weighted by Gasteiger charge is -2.32. The second kappa shape index (κ2) is 6.65. The molecule has 11 heteroatoms. The second-order valence-electron chi connectivity index (χ2n) is 5.33. The van der Waals surface area contributed by atoms with Gasteiger partial charge in [0.25, 0.3) is 5.72 Å². The molecule has 7 nitrogen and oxygen atoms in total. The summed E-state index contributed by atoms with van der Waals surface area (Å²) in [7, 11) is 0. The van der Waals surface area contributed by atoms with Crippen molar-refractivity contribution >= 4 is 28.1 Å². The van der Waals surface area contributed by atoms with Crippen LogP contribution in [0.4, 0.5) is 18.3 Å². The molecule has 26 heavy (non-hydrogen) atoms. The van der Waals surface area contributed by atoms with E-state index in [1.807, 2.05) is 0 Å². The van der Waals surface area contributed by atoms with Crippen LogP contribution < -0.4 is 5.01 Å². The van der Waals surface area contributed by atoms with Crippen molar-refractivity contribution in [1.29, 1.82) is 0 Å². The molecule has 0 aromatic carbocycles. The van der Waals surface area contributed by atoms with Crippen LogP contribution in [0.1, 0.15) is 29.4 Å². The molecule has 3 rings (SSSR count). The molecule has 138 valence electrons. The Kier molecular flexibility index (Phi) is 4.67. The number of aromatic nitrogens is 2. The zero-order valence-electron chi connectivity index (χ0n) is 13.4. The topological polar surface area (TPSA) is 87.9 Å². The quantitative estimate of drug-likeness (QED) is 0.813. The Morgan fingerprint density at radius 1 is 1.50 bits per heavy atom. The van der Waals surface area contributed by atoms with Gasteiger partial charge in [-0.25, -0.2) is 9.78 Å². The number of hydrogen-bond donors (Lipinski definition) is 1. The molecular formula is C15H13F3N4O3S. The third-order valence-electron chi connectivity index (χ3n) is 3.59. The van der Waals surface area contributed by atoms with E-state index in [2.05, 4.69) is 15.1 Å². The van der Waals surface area contributed by atoms with E-state index in [9.17, 15) is 23.1 Å². The molecule has 1 unspecified atom stereocenters. The van der Waals surface area contributed by atoms with Crippen LogP contribution in [0.15, 0.2) is 35.0 Å². The molecule has 1 N–H and O–H groups in total. The van der Waals surface area contributed by atoms with Crippen molar-refractivity contribution in [3.63, 3.8) is 0 Å². The largest absolute Gasteiger partial charge is 0.461 e. The summed E-state index contributed by atoms with van der Waals surface area (Å²) in [5.74, 6) is -0.763. The van der Waals surface area contributed by atoms with E-state index in [-0.39, 0.29) is 23.1 Å². The molecule has 1 aliphatic rings. The predicted molar refractivity (Wildman–Crippen MR) is 86.9 cm³/mol. The maximum atomic E-state index is 13.6. The van der Waals surface area contributed by atoms with Gasteiger partial charge in [0.05, 0.1) is 18.7 Å². The van der Waals surface area contributed by atoms with Crippen molar-refractivity contribution in [3.8, 4) is 0 Å². The van der Waals surface area contributed by atoms with Crippen LogP contribution in [0.5, 0.6) is 0 Å². The maximum absolute atomic E-state index is 13.6. The molecule has 0 aliphatic carbocycles. The highest BCUT2D eigenvalue weighted by Crippen LogP contribution is 2.44. The van der Waals surface area contributed by atoms with Crippen molar-refractivity contribution in [3.05, 3.63) is 41.2 Å². The first-order valence-corrected chi connectivity index (χ1v) is 8.34. The van der Waals surface area contributed by atoms with Crippen LogP contribution in [0.3, 0.4) is 0 Å². The van der Waals surface area contributed by atoms with E-state index in [1.165, 1.54) is 23.8 Å².